The highest BCUT2D eigenvalue weighted by Crippen LogP contribution is 2.27. The molecule has 0 aliphatic rings. The maximum Gasteiger partial charge on any atom is 0.141 e. The first-order chi connectivity index (χ1) is 9.60. The molecule has 20 heavy (non-hydrogen) atoms. The van der Waals surface area contributed by atoms with Crippen LogP contribution in [0.3, 0.4) is 0 Å². The lowest BCUT2D eigenvalue weighted by Crippen LogP contribution is -1.95. The third kappa shape index (κ3) is 1.84. The maximum atomic E-state index is 13.5. The highest BCUT2D eigenvalue weighted by atomic mass is 19.1. The minimum Gasteiger partial charge on any atom is -0.327 e. The van der Waals surface area contributed by atoms with Crippen molar-refractivity contribution in [1.82, 2.24) is 9.55 Å². The summed E-state index contributed by atoms with van der Waals surface area (Å²) in [6.07, 6.45) is 0. The minimum absolute atomic E-state index is 0.282. The average Bonchev–Trinajstić information content (AvgIpc) is 2.78. The first kappa shape index (κ1) is 12.4. The number of hydrogen-bond donors (Lipinski definition) is 0. The van der Waals surface area contributed by atoms with E-state index in [-0.39, 0.29) is 5.82 Å². The molecule has 0 fully saturated rings. The third-order valence-corrected chi connectivity index (χ3v) is 3.45. The smallest absolute Gasteiger partial charge is 0.141 e. The molecule has 0 atom stereocenters. The Morgan fingerprint density at radius 1 is 1.20 bits per heavy atom. The van der Waals surface area contributed by atoms with E-state index in [0.29, 0.717) is 11.4 Å². The van der Waals surface area contributed by atoms with Crippen LogP contribution in [0.5, 0.6) is 0 Å². The molecule has 3 nitrogen and oxygen atoms in total. The molecule has 0 radical (unpaired) electrons. The first-order valence-corrected chi connectivity index (χ1v) is 6.23. The zero-order valence-electron chi connectivity index (χ0n) is 11.2. The van der Waals surface area contributed by atoms with Gasteiger partial charge in [0.05, 0.1) is 22.7 Å². The summed E-state index contributed by atoms with van der Waals surface area (Å²) in [5.74, 6) is 0.419. The standard InChI is InChI=1S/C16H12FN3/c1-10-3-5-12(17)8-13(10)16-19-14-7-11(9-18)4-6-15(14)20(16)2/h3-8H,1-2H3. The summed E-state index contributed by atoms with van der Waals surface area (Å²) in [5.41, 5.74) is 3.96. The van der Waals surface area contributed by atoms with Gasteiger partial charge in [0.15, 0.2) is 0 Å². The molecular formula is C16H12FN3. The van der Waals surface area contributed by atoms with Gasteiger partial charge in [-0.05, 0) is 42.8 Å². The Hall–Kier alpha value is -2.67. The molecule has 3 aromatic rings. The van der Waals surface area contributed by atoms with E-state index in [4.69, 9.17) is 5.26 Å². The summed E-state index contributed by atoms with van der Waals surface area (Å²) in [5, 5.41) is 8.94. The van der Waals surface area contributed by atoms with E-state index < -0.39 is 0 Å². The average molecular weight is 265 g/mol. The molecule has 3 rings (SSSR count). The number of nitriles is 1. The summed E-state index contributed by atoms with van der Waals surface area (Å²) >= 11 is 0. The Morgan fingerprint density at radius 2 is 2.00 bits per heavy atom. The number of benzene rings is 2. The van der Waals surface area contributed by atoms with Crippen LogP contribution in [-0.4, -0.2) is 9.55 Å². The highest BCUT2D eigenvalue weighted by molar-refractivity contribution is 5.82. The van der Waals surface area contributed by atoms with Gasteiger partial charge in [0.25, 0.3) is 0 Å². The van der Waals surface area contributed by atoms with E-state index in [0.717, 1.165) is 22.2 Å². The second-order valence-electron chi connectivity index (χ2n) is 4.77. The zero-order chi connectivity index (χ0) is 14.3. The summed E-state index contributed by atoms with van der Waals surface area (Å²) in [4.78, 5) is 4.54. The lowest BCUT2D eigenvalue weighted by Gasteiger charge is -2.06. The molecule has 0 N–H and O–H groups in total. The summed E-state index contributed by atoms with van der Waals surface area (Å²) < 4.78 is 15.4. The van der Waals surface area contributed by atoms with Crippen LogP contribution < -0.4 is 0 Å². The van der Waals surface area contributed by atoms with E-state index in [9.17, 15) is 4.39 Å². The zero-order valence-corrected chi connectivity index (χ0v) is 11.2. The molecule has 0 amide bonds. The predicted octanol–water partition coefficient (Wildman–Crippen LogP) is 3.56. The molecular weight excluding hydrogens is 253 g/mol. The van der Waals surface area contributed by atoms with Crippen LogP contribution in [0.2, 0.25) is 0 Å². The van der Waals surface area contributed by atoms with Crippen LogP contribution in [0.1, 0.15) is 11.1 Å². The number of hydrogen-bond acceptors (Lipinski definition) is 2. The maximum absolute atomic E-state index is 13.5. The number of aryl methyl sites for hydroxylation is 2. The van der Waals surface area contributed by atoms with Gasteiger partial charge in [-0.25, -0.2) is 9.37 Å². The Morgan fingerprint density at radius 3 is 2.75 bits per heavy atom. The van der Waals surface area contributed by atoms with Crippen LogP contribution in [0, 0.1) is 24.1 Å². The molecule has 0 spiro atoms. The lowest BCUT2D eigenvalue weighted by atomic mass is 10.1. The van der Waals surface area contributed by atoms with Crippen LogP contribution in [0.15, 0.2) is 36.4 Å². The van der Waals surface area contributed by atoms with E-state index in [1.807, 2.05) is 24.6 Å². The quantitative estimate of drug-likeness (QED) is 0.675. The van der Waals surface area contributed by atoms with Crippen LogP contribution in [0.4, 0.5) is 4.39 Å². The van der Waals surface area contributed by atoms with Crippen LogP contribution in [-0.2, 0) is 7.05 Å². The van der Waals surface area contributed by atoms with Gasteiger partial charge >= 0.3 is 0 Å². The molecule has 0 unspecified atom stereocenters. The monoisotopic (exact) mass is 265 g/mol. The van der Waals surface area contributed by atoms with Crippen molar-refractivity contribution in [2.45, 2.75) is 6.92 Å². The number of imidazole rings is 1. The molecule has 1 aromatic heterocycles. The van der Waals surface area contributed by atoms with Crippen molar-refractivity contribution in [3.8, 4) is 17.5 Å². The lowest BCUT2D eigenvalue weighted by molar-refractivity contribution is 0.627. The molecule has 2 aromatic carbocycles. The van der Waals surface area contributed by atoms with E-state index in [1.165, 1.54) is 12.1 Å². The van der Waals surface area contributed by atoms with Crippen molar-refractivity contribution in [2.24, 2.45) is 7.05 Å². The predicted molar refractivity (Wildman–Crippen MR) is 75.6 cm³/mol. The SMILES string of the molecule is Cc1ccc(F)cc1-c1nc2cc(C#N)ccc2n1C. The third-order valence-electron chi connectivity index (χ3n) is 3.45. The summed E-state index contributed by atoms with van der Waals surface area (Å²) in [6.45, 7) is 1.93. The Kier molecular flexibility index (Phi) is 2.76. The second kappa shape index (κ2) is 4.46. The van der Waals surface area contributed by atoms with Gasteiger partial charge in [0.2, 0.25) is 0 Å². The van der Waals surface area contributed by atoms with E-state index in [2.05, 4.69) is 11.1 Å². The van der Waals surface area contributed by atoms with E-state index >= 15 is 0 Å². The fraction of sp³-hybridized carbons (Fsp3) is 0.125. The van der Waals surface area contributed by atoms with Gasteiger partial charge in [-0.1, -0.05) is 6.07 Å². The fourth-order valence-corrected chi connectivity index (χ4v) is 2.35. The van der Waals surface area contributed by atoms with Crippen LogP contribution in [0.25, 0.3) is 22.4 Å². The molecule has 0 aliphatic heterocycles. The van der Waals surface area contributed by atoms with E-state index in [1.54, 1.807) is 18.2 Å². The van der Waals surface area contributed by atoms with Gasteiger partial charge in [0.1, 0.15) is 11.6 Å². The molecule has 0 saturated heterocycles. The minimum atomic E-state index is -0.282. The molecule has 0 saturated carbocycles. The molecule has 98 valence electrons. The topological polar surface area (TPSA) is 41.6 Å². The highest BCUT2D eigenvalue weighted by Gasteiger charge is 2.13. The van der Waals surface area contributed by atoms with Crippen molar-refractivity contribution >= 4 is 11.0 Å². The number of aromatic nitrogens is 2. The largest absolute Gasteiger partial charge is 0.327 e. The van der Waals surface area contributed by atoms with Crippen molar-refractivity contribution < 1.29 is 4.39 Å². The summed E-state index contributed by atoms with van der Waals surface area (Å²) in [6, 6.07) is 12.1. The summed E-state index contributed by atoms with van der Waals surface area (Å²) in [7, 11) is 1.89. The fourth-order valence-electron chi connectivity index (χ4n) is 2.35. The Labute approximate surface area is 115 Å². The second-order valence-corrected chi connectivity index (χ2v) is 4.77. The van der Waals surface area contributed by atoms with Crippen LogP contribution >= 0.6 is 0 Å². The van der Waals surface area contributed by atoms with Crippen molar-refractivity contribution in [2.75, 3.05) is 0 Å². The molecule has 4 heteroatoms. The molecule has 1 heterocycles. The van der Waals surface area contributed by atoms with Crippen molar-refractivity contribution in [3.63, 3.8) is 0 Å². The number of fused-ring (bicyclic) bond motifs is 1. The van der Waals surface area contributed by atoms with Gasteiger partial charge in [-0.2, -0.15) is 5.26 Å². The normalized spacial score (nSPS) is 10.7. The molecule has 0 bridgehead atoms. The van der Waals surface area contributed by atoms with Gasteiger partial charge in [-0.15, -0.1) is 0 Å². The Bertz CT molecular complexity index is 856. The number of nitrogens with zero attached hydrogens (tertiary/aromatic N) is 3. The number of rotatable bonds is 1. The Balaban J connectivity index is 2.29. The van der Waals surface area contributed by atoms with Gasteiger partial charge in [0, 0.05) is 12.6 Å². The molecule has 0 aliphatic carbocycles. The van der Waals surface area contributed by atoms with Gasteiger partial charge < -0.3 is 4.57 Å². The number of halogens is 1. The van der Waals surface area contributed by atoms with Crippen molar-refractivity contribution in [3.05, 3.63) is 53.3 Å². The van der Waals surface area contributed by atoms with Gasteiger partial charge in [-0.3, -0.25) is 0 Å². The van der Waals surface area contributed by atoms with Crippen molar-refractivity contribution in [1.29, 1.82) is 5.26 Å². The first-order valence-electron chi connectivity index (χ1n) is 6.23.